The van der Waals surface area contributed by atoms with E-state index in [1.807, 2.05) is 0 Å². The van der Waals surface area contributed by atoms with Gasteiger partial charge in [-0.25, -0.2) is 13.6 Å². The van der Waals surface area contributed by atoms with Crippen molar-refractivity contribution in [2.45, 2.75) is 11.2 Å². The molecule has 82 valence electrons. The molecule has 1 aliphatic rings. The van der Waals surface area contributed by atoms with Crippen molar-refractivity contribution >= 4 is 15.7 Å². The lowest BCUT2D eigenvalue weighted by Crippen LogP contribution is -2.30. The van der Waals surface area contributed by atoms with Crippen LogP contribution in [-0.2, 0) is 10.0 Å². The van der Waals surface area contributed by atoms with Crippen LogP contribution < -0.4 is 15.2 Å². The molecule has 2 rings (SSSR count). The number of ether oxygens (including phenoxy) is 1. The Morgan fingerprint density at radius 2 is 2.27 bits per heavy atom. The average molecular weight is 230 g/mol. The molecule has 0 aromatic heterocycles. The number of hydrogen-bond acceptors (Lipinski definition) is 5. The highest BCUT2D eigenvalue weighted by atomic mass is 32.2. The van der Waals surface area contributed by atoms with Gasteiger partial charge in [0.15, 0.2) is 0 Å². The van der Waals surface area contributed by atoms with Gasteiger partial charge in [0, 0.05) is 0 Å². The maximum atomic E-state index is 11.0. The van der Waals surface area contributed by atoms with Gasteiger partial charge in [-0.3, -0.25) is 0 Å². The zero-order chi connectivity index (χ0) is 11.1. The van der Waals surface area contributed by atoms with Gasteiger partial charge in [-0.2, -0.15) is 0 Å². The van der Waals surface area contributed by atoms with E-state index in [1.54, 1.807) is 0 Å². The van der Waals surface area contributed by atoms with Gasteiger partial charge in [0.25, 0.3) is 0 Å². The number of hydrogen-bond donors (Lipinski definition) is 3. The Hall–Kier alpha value is -1.31. The van der Waals surface area contributed by atoms with E-state index in [2.05, 4.69) is 5.32 Å². The first-order valence-electron chi connectivity index (χ1n) is 4.22. The lowest BCUT2D eigenvalue weighted by molar-refractivity contribution is -0.00985. The summed E-state index contributed by atoms with van der Waals surface area (Å²) in [6, 6.07) is 4.15. The van der Waals surface area contributed by atoms with Gasteiger partial charge in [0.05, 0.1) is 17.1 Å². The molecule has 1 unspecified atom stereocenters. The third kappa shape index (κ3) is 2.04. The summed E-state index contributed by atoms with van der Waals surface area (Å²) in [5.41, 5.74) is 0.506. The molecular weight excluding hydrogens is 220 g/mol. The molecule has 4 N–H and O–H groups in total. The van der Waals surface area contributed by atoms with Crippen LogP contribution in [0.15, 0.2) is 23.1 Å². The second kappa shape index (κ2) is 3.37. The van der Waals surface area contributed by atoms with E-state index in [-0.39, 0.29) is 11.4 Å². The first-order chi connectivity index (χ1) is 6.97. The van der Waals surface area contributed by atoms with Crippen LogP contribution >= 0.6 is 0 Å². The van der Waals surface area contributed by atoms with Gasteiger partial charge in [0.2, 0.25) is 16.3 Å². The van der Waals surface area contributed by atoms with Crippen molar-refractivity contribution in [3.05, 3.63) is 18.2 Å². The van der Waals surface area contributed by atoms with Gasteiger partial charge in [-0.1, -0.05) is 0 Å². The van der Waals surface area contributed by atoms with Crippen LogP contribution in [0.25, 0.3) is 0 Å². The number of nitrogens with two attached hydrogens (primary N) is 1. The second-order valence-electron chi connectivity index (χ2n) is 3.16. The molecule has 0 spiro atoms. The average Bonchev–Trinajstić information content (AvgIpc) is 2.15. The Morgan fingerprint density at radius 1 is 1.53 bits per heavy atom. The van der Waals surface area contributed by atoms with Crippen LogP contribution in [0.3, 0.4) is 0 Å². The summed E-state index contributed by atoms with van der Waals surface area (Å²) >= 11 is 0. The van der Waals surface area contributed by atoms with Crippen molar-refractivity contribution in [1.29, 1.82) is 0 Å². The molecule has 7 heteroatoms. The highest BCUT2D eigenvalue weighted by molar-refractivity contribution is 7.89. The third-order valence-corrected chi connectivity index (χ3v) is 2.92. The number of nitrogens with one attached hydrogen (secondary N) is 1. The van der Waals surface area contributed by atoms with Crippen LogP contribution in [0.5, 0.6) is 5.75 Å². The van der Waals surface area contributed by atoms with Crippen molar-refractivity contribution in [3.8, 4) is 5.75 Å². The molecular formula is C8H10N2O4S. The standard InChI is InChI=1S/C8H10N2O4S/c9-15(12,13)5-1-2-7-6(3-5)10-4-8(11)14-7/h1-3,8,10-11H,4H2,(H2,9,12,13). The summed E-state index contributed by atoms with van der Waals surface area (Å²) in [5, 5.41) is 17.0. The molecule has 15 heavy (non-hydrogen) atoms. The van der Waals surface area contributed by atoms with E-state index in [0.29, 0.717) is 11.4 Å². The highest BCUT2D eigenvalue weighted by Crippen LogP contribution is 2.30. The van der Waals surface area contributed by atoms with E-state index < -0.39 is 16.3 Å². The normalized spacial score (nSPS) is 20.0. The van der Waals surface area contributed by atoms with Gasteiger partial charge in [-0.05, 0) is 18.2 Å². The lowest BCUT2D eigenvalue weighted by atomic mass is 10.2. The Kier molecular flexibility index (Phi) is 2.29. The lowest BCUT2D eigenvalue weighted by Gasteiger charge is -2.23. The van der Waals surface area contributed by atoms with E-state index in [9.17, 15) is 8.42 Å². The number of rotatable bonds is 1. The fourth-order valence-electron chi connectivity index (χ4n) is 1.31. The Labute approximate surface area is 86.7 Å². The number of sulfonamides is 1. The minimum absolute atomic E-state index is 0.00809. The molecule has 0 aliphatic carbocycles. The smallest absolute Gasteiger partial charge is 0.238 e. The summed E-state index contributed by atoms with van der Waals surface area (Å²) in [7, 11) is -3.71. The minimum atomic E-state index is -3.71. The number of aliphatic hydroxyl groups is 1. The number of anilines is 1. The highest BCUT2D eigenvalue weighted by Gasteiger charge is 2.18. The van der Waals surface area contributed by atoms with Crippen LogP contribution in [0.4, 0.5) is 5.69 Å². The van der Waals surface area contributed by atoms with Gasteiger partial charge >= 0.3 is 0 Å². The third-order valence-electron chi connectivity index (χ3n) is 2.01. The fourth-order valence-corrected chi connectivity index (χ4v) is 1.85. The fraction of sp³-hybridized carbons (Fsp3) is 0.250. The van der Waals surface area contributed by atoms with Crippen molar-refractivity contribution in [2.24, 2.45) is 5.14 Å². The van der Waals surface area contributed by atoms with E-state index >= 15 is 0 Å². The molecule has 0 saturated carbocycles. The summed E-state index contributed by atoms with van der Waals surface area (Å²) < 4.78 is 27.1. The van der Waals surface area contributed by atoms with Crippen LogP contribution in [0.2, 0.25) is 0 Å². The number of fused-ring (bicyclic) bond motifs is 1. The van der Waals surface area contributed by atoms with Crippen LogP contribution in [0, 0.1) is 0 Å². The van der Waals surface area contributed by atoms with Crippen LogP contribution in [0.1, 0.15) is 0 Å². The zero-order valence-electron chi connectivity index (χ0n) is 7.67. The molecule has 0 amide bonds. The monoisotopic (exact) mass is 230 g/mol. The maximum Gasteiger partial charge on any atom is 0.238 e. The summed E-state index contributed by atoms with van der Waals surface area (Å²) in [6.45, 7) is 0.209. The van der Waals surface area contributed by atoms with Gasteiger partial charge < -0.3 is 15.2 Å². The Morgan fingerprint density at radius 3 is 2.93 bits per heavy atom. The van der Waals surface area contributed by atoms with Crippen molar-refractivity contribution < 1.29 is 18.3 Å². The van der Waals surface area contributed by atoms with Gasteiger partial charge in [0.1, 0.15) is 5.75 Å². The van der Waals surface area contributed by atoms with Crippen molar-refractivity contribution in [3.63, 3.8) is 0 Å². The number of β-amino-alcohol motifs (C(OH)–C–C–N with tert-alkyl or cyclic N) is 1. The topological polar surface area (TPSA) is 102 Å². The Bertz CT molecular complexity index is 485. The molecule has 1 atom stereocenters. The largest absolute Gasteiger partial charge is 0.461 e. The first kappa shape index (κ1) is 10.2. The quantitative estimate of drug-likeness (QED) is 0.601. The summed E-state index contributed by atoms with van der Waals surface area (Å²) in [6.07, 6.45) is -0.919. The molecule has 1 heterocycles. The number of primary sulfonamides is 1. The van der Waals surface area contributed by atoms with E-state index in [0.717, 1.165) is 0 Å². The molecule has 0 bridgehead atoms. The predicted octanol–water partition coefficient (Wildman–Crippen LogP) is -0.543. The Balaban J connectivity index is 2.44. The molecule has 0 radical (unpaired) electrons. The van der Waals surface area contributed by atoms with E-state index in [1.165, 1.54) is 18.2 Å². The zero-order valence-corrected chi connectivity index (χ0v) is 8.49. The van der Waals surface area contributed by atoms with Gasteiger partial charge in [-0.15, -0.1) is 0 Å². The minimum Gasteiger partial charge on any atom is -0.461 e. The predicted molar refractivity (Wildman–Crippen MR) is 52.9 cm³/mol. The molecule has 1 aromatic carbocycles. The molecule has 1 aliphatic heterocycles. The SMILES string of the molecule is NS(=O)(=O)c1ccc2c(c1)NCC(O)O2. The van der Waals surface area contributed by atoms with Crippen molar-refractivity contribution in [1.82, 2.24) is 0 Å². The second-order valence-corrected chi connectivity index (χ2v) is 4.72. The van der Waals surface area contributed by atoms with Crippen LogP contribution in [-0.4, -0.2) is 26.4 Å². The molecule has 1 aromatic rings. The van der Waals surface area contributed by atoms with E-state index in [4.69, 9.17) is 15.0 Å². The maximum absolute atomic E-state index is 11.0. The number of benzene rings is 1. The molecule has 0 saturated heterocycles. The number of aliphatic hydroxyl groups excluding tert-OH is 1. The van der Waals surface area contributed by atoms with Crippen molar-refractivity contribution in [2.75, 3.05) is 11.9 Å². The summed E-state index contributed by atoms with van der Waals surface area (Å²) in [5.74, 6) is 0.404. The molecule has 6 nitrogen and oxygen atoms in total. The molecule has 0 fully saturated rings. The summed E-state index contributed by atoms with van der Waals surface area (Å²) in [4.78, 5) is 0.00809. The first-order valence-corrected chi connectivity index (χ1v) is 5.77.